The molecule has 2 heterocycles. The fraction of sp³-hybridized carbons (Fsp3) is 0.562. The summed E-state index contributed by atoms with van der Waals surface area (Å²) in [6.07, 6.45) is 6.61. The lowest BCUT2D eigenvalue weighted by Crippen LogP contribution is -2.39. The van der Waals surface area contributed by atoms with Crippen LogP contribution in [-0.2, 0) is 10.0 Å². The zero-order valence-corrected chi connectivity index (χ0v) is 13.7. The van der Waals surface area contributed by atoms with Gasteiger partial charge in [-0.1, -0.05) is 12.8 Å². The number of imidazole rings is 1. The molecule has 1 aliphatic heterocycles. The van der Waals surface area contributed by atoms with E-state index in [0.29, 0.717) is 23.5 Å². The predicted molar refractivity (Wildman–Crippen MR) is 87.8 cm³/mol. The van der Waals surface area contributed by atoms with Gasteiger partial charge in [-0.05, 0) is 49.8 Å². The number of aromatic amines is 2. The summed E-state index contributed by atoms with van der Waals surface area (Å²) >= 11 is 0. The first kappa shape index (κ1) is 15.0. The van der Waals surface area contributed by atoms with Gasteiger partial charge in [0.25, 0.3) is 0 Å². The van der Waals surface area contributed by atoms with Crippen molar-refractivity contribution < 1.29 is 8.42 Å². The lowest BCUT2D eigenvalue weighted by atomic mass is 9.97. The molecule has 1 aromatic heterocycles. The van der Waals surface area contributed by atoms with Gasteiger partial charge in [-0.3, -0.25) is 0 Å². The summed E-state index contributed by atoms with van der Waals surface area (Å²) < 4.78 is 27.9. The number of nitrogens with one attached hydrogen (secondary N) is 2. The molecule has 2 N–H and O–H groups in total. The summed E-state index contributed by atoms with van der Waals surface area (Å²) in [7, 11) is -3.51. The van der Waals surface area contributed by atoms with Crippen molar-refractivity contribution in [2.24, 2.45) is 5.92 Å². The molecule has 7 heteroatoms. The number of sulfonamides is 1. The van der Waals surface area contributed by atoms with Gasteiger partial charge in [-0.15, -0.1) is 0 Å². The number of H-pyrrole nitrogens is 2. The van der Waals surface area contributed by atoms with E-state index in [1.54, 1.807) is 22.5 Å². The van der Waals surface area contributed by atoms with Crippen molar-refractivity contribution >= 4 is 21.1 Å². The largest absolute Gasteiger partial charge is 0.323 e. The number of hydrogen-bond donors (Lipinski definition) is 2. The van der Waals surface area contributed by atoms with Crippen molar-refractivity contribution in [3.8, 4) is 0 Å². The van der Waals surface area contributed by atoms with Gasteiger partial charge in [0.05, 0.1) is 15.9 Å². The van der Waals surface area contributed by atoms with E-state index in [4.69, 9.17) is 0 Å². The molecule has 1 saturated heterocycles. The average molecular weight is 335 g/mol. The molecular weight excluding hydrogens is 314 g/mol. The summed E-state index contributed by atoms with van der Waals surface area (Å²) in [5.41, 5.74) is 0.843. The summed E-state index contributed by atoms with van der Waals surface area (Å²) in [6.45, 7) is 0.602. The highest BCUT2D eigenvalue weighted by atomic mass is 32.2. The maximum atomic E-state index is 13.1. The number of benzene rings is 1. The molecule has 6 nitrogen and oxygen atoms in total. The molecule has 4 rings (SSSR count). The third-order valence-corrected chi connectivity index (χ3v) is 7.21. The maximum absolute atomic E-state index is 13.1. The summed E-state index contributed by atoms with van der Waals surface area (Å²) in [5.74, 6) is 0.503. The molecule has 0 spiro atoms. The first-order valence-electron chi connectivity index (χ1n) is 8.29. The molecule has 1 aromatic carbocycles. The van der Waals surface area contributed by atoms with Gasteiger partial charge in [-0.25, -0.2) is 13.2 Å². The van der Waals surface area contributed by atoms with Gasteiger partial charge in [0.15, 0.2) is 0 Å². The van der Waals surface area contributed by atoms with Crippen molar-refractivity contribution in [3.63, 3.8) is 0 Å². The molecule has 0 bridgehead atoms. The minimum absolute atomic E-state index is 0.142. The minimum Gasteiger partial charge on any atom is -0.306 e. The molecular formula is C16H21N3O3S. The smallest absolute Gasteiger partial charge is 0.306 e. The van der Waals surface area contributed by atoms with Crippen LogP contribution in [0.2, 0.25) is 0 Å². The molecule has 2 aromatic rings. The Morgan fingerprint density at radius 2 is 1.74 bits per heavy atom. The molecule has 1 unspecified atom stereocenters. The second-order valence-corrected chi connectivity index (χ2v) is 8.55. The quantitative estimate of drug-likeness (QED) is 0.901. The van der Waals surface area contributed by atoms with Gasteiger partial charge in [0.1, 0.15) is 0 Å². The Kier molecular flexibility index (Phi) is 3.57. The van der Waals surface area contributed by atoms with Crippen LogP contribution in [0.25, 0.3) is 11.0 Å². The van der Waals surface area contributed by atoms with E-state index in [1.807, 2.05) is 0 Å². The van der Waals surface area contributed by atoms with Crippen LogP contribution < -0.4 is 5.69 Å². The SMILES string of the molecule is O=c1[nH]c2ccc(S(=O)(=O)N3CCCC3C3CCCC3)cc2[nH]1. The van der Waals surface area contributed by atoms with Gasteiger partial charge in [0, 0.05) is 12.6 Å². The topological polar surface area (TPSA) is 86.0 Å². The highest BCUT2D eigenvalue weighted by Crippen LogP contribution is 2.38. The number of aromatic nitrogens is 2. The van der Waals surface area contributed by atoms with E-state index in [2.05, 4.69) is 9.97 Å². The highest BCUT2D eigenvalue weighted by Gasteiger charge is 2.40. The zero-order chi connectivity index (χ0) is 16.0. The normalized spacial score (nSPS) is 23.9. The summed E-state index contributed by atoms with van der Waals surface area (Å²) in [6, 6.07) is 4.95. The van der Waals surface area contributed by atoms with Crippen LogP contribution in [-0.4, -0.2) is 35.3 Å². The number of fused-ring (bicyclic) bond motifs is 1. The van der Waals surface area contributed by atoms with Crippen LogP contribution in [0.3, 0.4) is 0 Å². The van der Waals surface area contributed by atoms with Gasteiger partial charge < -0.3 is 9.97 Å². The van der Waals surface area contributed by atoms with Crippen molar-refractivity contribution in [1.82, 2.24) is 14.3 Å². The van der Waals surface area contributed by atoms with Gasteiger partial charge in [0.2, 0.25) is 10.0 Å². The van der Waals surface area contributed by atoms with Crippen LogP contribution in [0.5, 0.6) is 0 Å². The predicted octanol–water partition coefficient (Wildman–Crippen LogP) is 2.20. The Labute approximate surface area is 134 Å². The summed E-state index contributed by atoms with van der Waals surface area (Å²) in [4.78, 5) is 16.9. The van der Waals surface area contributed by atoms with Crippen LogP contribution in [0.15, 0.2) is 27.9 Å². The van der Waals surface area contributed by atoms with E-state index >= 15 is 0 Å². The third kappa shape index (κ3) is 2.52. The van der Waals surface area contributed by atoms with Crippen LogP contribution >= 0.6 is 0 Å². The number of rotatable bonds is 3. The highest BCUT2D eigenvalue weighted by molar-refractivity contribution is 7.89. The van der Waals surface area contributed by atoms with Crippen molar-refractivity contribution in [3.05, 3.63) is 28.7 Å². The fourth-order valence-electron chi connectivity index (χ4n) is 4.19. The Balaban J connectivity index is 1.71. The molecule has 1 aliphatic carbocycles. The van der Waals surface area contributed by atoms with Crippen molar-refractivity contribution in [1.29, 1.82) is 0 Å². The van der Waals surface area contributed by atoms with Crippen LogP contribution in [0.1, 0.15) is 38.5 Å². The van der Waals surface area contributed by atoms with Gasteiger partial charge >= 0.3 is 5.69 Å². The summed E-state index contributed by atoms with van der Waals surface area (Å²) in [5, 5.41) is 0. The van der Waals surface area contributed by atoms with Gasteiger partial charge in [-0.2, -0.15) is 4.31 Å². The minimum atomic E-state index is -3.51. The molecule has 124 valence electrons. The first-order chi connectivity index (χ1) is 11.1. The zero-order valence-electron chi connectivity index (χ0n) is 12.9. The lowest BCUT2D eigenvalue weighted by molar-refractivity contribution is 0.288. The monoisotopic (exact) mass is 335 g/mol. The van der Waals surface area contributed by atoms with Crippen LogP contribution in [0.4, 0.5) is 0 Å². The van der Waals surface area contributed by atoms with E-state index in [-0.39, 0.29) is 16.6 Å². The molecule has 23 heavy (non-hydrogen) atoms. The second-order valence-electron chi connectivity index (χ2n) is 6.66. The fourth-order valence-corrected chi connectivity index (χ4v) is 5.97. The molecule has 0 amide bonds. The molecule has 2 fully saturated rings. The average Bonchev–Trinajstić information content (AvgIpc) is 3.25. The number of hydrogen-bond acceptors (Lipinski definition) is 3. The van der Waals surface area contributed by atoms with E-state index in [9.17, 15) is 13.2 Å². The third-order valence-electron chi connectivity index (χ3n) is 5.29. The molecule has 1 atom stereocenters. The standard InChI is InChI=1S/C16H21N3O3S/c20-16-17-13-8-7-12(10-14(13)18-16)23(21,22)19-9-3-6-15(19)11-4-1-2-5-11/h7-8,10-11,15H,1-6,9H2,(H2,17,18,20). The van der Waals surface area contributed by atoms with E-state index < -0.39 is 10.0 Å². The van der Waals surface area contributed by atoms with E-state index in [0.717, 1.165) is 25.7 Å². The Morgan fingerprint density at radius 3 is 2.52 bits per heavy atom. The number of nitrogens with zero attached hydrogens (tertiary/aromatic N) is 1. The Morgan fingerprint density at radius 1 is 1.00 bits per heavy atom. The molecule has 1 saturated carbocycles. The van der Waals surface area contributed by atoms with Crippen LogP contribution in [0, 0.1) is 5.92 Å². The van der Waals surface area contributed by atoms with Crippen molar-refractivity contribution in [2.45, 2.75) is 49.5 Å². The maximum Gasteiger partial charge on any atom is 0.323 e. The Bertz CT molecular complexity index is 877. The Hall–Kier alpha value is -1.60. The molecule has 2 aliphatic rings. The molecule has 0 radical (unpaired) electrons. The first-order valence-corrected chi connectivity index (χ1v) is 9.73. The van der Waals surface area contributed by atoms with E-state index in [1.165, 1.54) is 12.8 Å². The van der Waals surface area contributed by atoms with Crippen molar-refractivity contribution in [2.75, 3.05) is 6.54 Å². The second kappa shape index (κ2) is 5.49. The lowest BCUT2D eigenvalue weighted by Gasteiger charge is -2.28.